The molecule has 0 fully saturated rings. The average Bonchev–Trinajstić information content (AvgIpc) is 2.43. The second-order valence-corrected chi connectivity index (χ2v) is 6.63. The molecular formula is C14H22BrNO2S. The van der Waals surface area contributed by atoms with Gasteiger partial charge in [0.1, 0.15) is 16.0 Å². The van der Waals surface area contributed by atoms with Crippen LogP contribution in [-0.4, -0.2) is 25.2 Å². The van der Waals surface area contributed by atoms with Gasteiger partial charge in [0.2, 0.25) is 0 Å². The van der Waals surface area contributed by atoms with E-state index < -0.39 is 0 Å². The highest BCUT2D eigenvalue weighted by Crippen LogP contribution is 2.39. The minimum absolute atomic E-state index is 0.0452. The predicted octanol–water partition coefficient (Wildman–Crippen LogP) is 4.00. The molecule has 0 amide bonds. The second-order valence-electron chi connectivity index (χ2n) is 4.36. The summed E-state index contributed by atoms with van der Waals surface area (Å²) in [5.74, 6) is 2.39. The van der Waals surface area contributed by atoms with Crippen molar-refractivity contribution in [1.82, 2.24) is 0 Å². The quantitative estimate of drug-likeness (QED) is 0.809. The highest BCUT2D eigenvalue weighted by molar-refractivity contribution is 9.10. The fourth-order valence-corrected chi connectivity index (χ4v) is 3.32. The Bertz CT molecular complexity index is 415. The van der Waals surface area contributed by atoms with Gasteiger partial charge in [-0.1, -0.05) is 13.8 Å². The van der Waals surface area contributed by atoms with Gasteiger partial charge in [-0.3, -0.25) is 0 Å². The Kier molecular flexibility index (Phi) is 7.04. The Labute approximate surface area is 128 Å². The van der Waals surface area contributed by atoms with Gasteiger partial charge in [0.25, 0.3) is 0 Å². The summed E-state index contributed by atoms with van der Waals surface area (Å²) >= 11 is 5.39. The summed E-state index contributed by atoms with van der Waals surface area (Å²) in [6.07, 6.45) is 1.15. The van der Waals surface area contributed by atoms with Crippen LogP contribution in [0, 0.1) is 0 Å². The summed E-state index contributed by atoms with van der Waals surface area (Å²) in [4.78, 5) is 0. The number of halogens is 1. The zero-order valence-electron chi connectivity index (χ0n) is 11.9. The molecule has 0 aromatic heterocycles. The second kappa shape index (κ2) is 8.02. The van der Waals surface area contributed by atoms with E-state index in [0.29, 0.717) is 5.25 Å². The maximum absolute atomic E-state index is 6.27. The number of thioether (sulfide) groups is 1. The van der Waals surface area contributed by atoms with Crippen LogP contribution in [0.1, 0.15) is 31.9 Å². The predicted molar refractivity (Wildman–Crippen MR) is 86.4 cm³/mol. The SMILES string of the molecule is CCC(C)SCC(N)c1ccc(OC)c(Br)c1OC. The van der Waals surface area contributed by atoms with Crippen molar-refractivity contribution in [2.75, 3.05) is 20.0 Å². The molecule has 0 heterocycles. The van der Waals surface area contributed by atoms with Crippen LogP contribution in [0.25, 0.3) is 0 Å². The lowest BCUT2D eigenvalue weighted by Crippen LogP contribution is -2.16. The molecule has 0 saturated carbocycles. The van der Waals surface area contributed by atoms with Gasteiger partial charge in [-0.25, -0.2) is 0 Å². The maximum Gasteiger partial charge on any atom is 0.141 e. The minimum atomic E-state index is -0.0452. The topological polar surface area (TPSA) is 44.5 Å². The van der Waals surface area contributed by atoms with Gasteiger partial charge in [-0.05, 0) is 34.5 Å². The van der Waals surface area contributed by atoms with E-state index in [0.717, 1.165) is 33.7 Å². The summed E-state index contributed by atoms with van der Waals surface area (Å²) in [6.45, 7) is 4.41. The van der Waals surface area contributed by atoms with Gasteiger partial charge in [-0.2, -0.15) is 11.8 Å². The van der Waals surface area contributed by atoms with E-state index in [1.165, 1.54) is 0 Å². The number of methoxy groups -OCH3 is 2. The van der Waals surface area contributed by atoms with Gasteiger partial charge in [0.05, 0.1) is 14.2 Å². The number of benzene rings is 1. The Morgan fingerprint density at radius 1 is 1.32 bits per heavy atom. The molecule has 0 spiro atoms. The first-order valence-electron chi connectivity index (χ1n) is 6.32. The van der Waals surface area contributed by atoms with Crippen LogP contribution < -0.4 is 15.2 Å². The van der Waals surface area contributed by atoms with Crippen molar-refractivity contribution in [2.45, 2.75) is 31.6 Å². The standard InChI is InChI=1S/C14H22BrNO2S/c1-5-9(2)19-8-11(16)10-6-7-12(17-3)13(15)14(10)18-4/h6-7,9,11H,5,8,16H2,1-4H3. The van der Waals surface area contributed by atoms with Gasteiger partial charge in [-0.15, -0.1) is 0 Å². The third-order valence-electron chi connectivity index (χ3n) is 3.05. The maximum atomic E-state index is 6.27. The molecule has 3 nitrogen and oxygen atoms in total. The van der Waals surface area contributed by atoms with E-state index in [4.69, 9.17) is 15.2 Å². The van der Waals surface area contributed by atoms with E-state index in [-0.39, 0.29) is 6.04 Å². The molecule has 0 aliphatic heterocycles. The molecule has 0 bridgehead atoms. The summed E-state index contributed by atoms with van der Waals surface area (Å²) in [6, 6.07) is 3.84. The zero-order chi connectivity index (χ0) is 14.4. The number of ether oxygens (including phenoxy) is 2. The van der Waals surface area contributed by atoms with Crippen molar-refractivity contribution in [3.05, 3.63) is 22.2 Å². The van der Waals surface area contributed by atoms with Crippen LogP contribution >= 0.6 is 27.7 Å². The number of hydrogen-bond donors (Lipinski definition) is 1. The smallest absolute Gasteiger partial charge is 0.141 e. The number of rotatable bonds is 7. The molecule has 2 atom stereocenters. The van der Waals surface area contributed by atoms with E-state index in [2.05, 4.69) is 29.8 Å². The highest BCUT2D eigenvalue weighted by Gasteiger charge is 2.18. The number of hydrogen-bond acceptors (Lipinski definition) is 4. The molecule has 2 N–H and O–H groups in total. The van der Waals surface area contributed by atoms with E-state index in [9.17, 15) is 0 Å². The summed E-state index contributed by atoms with van der Waals surface area (Å²) in [5.41, 5.74) is 7.28. The monoisotopic (exact) mass is 347 g/mol. The van der Waals surface area contributed by atoms with Crippen molar-refractivity contribution in [3.63, 3.8) is 0 Å². The van der Waals surface area contributed by atoms with E-state index in [1.54, 1.807) is 14.2 Å². The Morgan fingerprint density at radius 3 is 2.53 bits per heavy atom. The molecule has 1 aromatic carbocycles. The first-order valence-corrected chi connectivity index (χ1v) is 8.16. The van der Waals surface area contributed by atoms with Crippen molar-refractivity contribution in [2.24, 2.45) is 5.73 Å². The summed E-state index contributed by atoms with van der Waals surface area (Å²) < 4.78 is 11.5. The fourth-order valence-electron chi connectivity index (χ4n) is 1.69. The third kappa shape index (κ3) is 4.29. The molecule has 2 unspecified atom stereocenters. The normalized spacial score (nSPS) is 14.0. The van der Waals surface area contributed by atoms with Crippen LogP contribution in [0.2, 0.25) is 0 Å². The first-order chi connectivity index (χ1) is 9.04. The molecule has 0 aliphatic carbocycles. The lowest BCUT2D eigenvalue weighted by atomic mass is 10.1. The average molecular weight is 348 g/mol. The Morgan fingerprint density at radius 2 is 2.00 bits per heavy atom. The largest absolute Gasteiger partial charge is 0.495 e. The van der Waals surface area contributed by atoms with Crippen LogP contribution in [0.4, 0.5) is 0 Å². The van der Waals surface area contributed by atoms with Crippen molar-refractivity contribution in [1.29, 1.82) is 0 Å². The molecule has 1 rings (SSSR count). The van der Waals surface area contributed by atoms with E-state index in [1.807, 2.05) is 23.9 Å². The van der Waals surface area contributed by atoms with Crippen molar-refractivity contribution >= 4 is 27.7 Å². The van der Waals surface area contributed by atoms with Crippen LogP contribution in [0.15, 0.2) is 16.6 Å². The molecule has 108 valence electrons. The highest BCUT2D eigenvalue weighted by atomic mass is 79.9. The lowest BCUT2D eigenvalue weighted by Gasteiger charge is -2.19. The van der Waals surface area contributed by atoms with Gasteiger partial charge >= 0.3 is 0 Å². The molecule has 0 saturated heterocycles. The molecule has 5 heteroatoms. The minimum Gasteiger partial charge on any atom is -0.495 e. The Hall–Kier alpha value is -0.390. The fraction of sp³-hybridized carbons (Fsp3) is 0.571. The van der Waals surface area contributed by atoms with Crippen LogP contribution in [0.5, 0.6) is 11.5 Å². The first kappa shape index (κ1) is 16.7. The van der Waals surface area contributed by atoms with E-state index >= 15 is 0 Å². The number of nitrogens with two attached hydrogens (primary N) is 1. The van der Waals surface area contributed by atoms with Gasteiger partial charge in [0.15, 0.2) is 0 Å². The zero-order valence-corrected chi connectivity index (χ0v) is 14.3. The van der Waals surface area contributed by atoms with Gasteiger partial charge in [0, 0.05) is 22.6 Å². The molecule has 19 heavy (non-hydrogen) atoms. The molecular weight excluding hydrogens is 326 g/mol. The van der Waals surface area contributed by atoms with Gasteiger partial charge < -0.3 is 15.2 Å². The molecule has 0 aliphatic rings. The summed E-state index contributed by atoms with van der Waals surface area (Å²) in [7, 11) is 3.29. The summed E-state index contributed by atoms with van der Waals surface area (Å²) in [5, 5.41) is 0.624. The van der Waals surface area contributed by atoms with Crippen molar-refractivity contribution < 1.29 is 9.47 Å². The molecule has 0 radical (unpaired) electrons. The third-order valence-corrected chi connectivity index (χ3v) is 5.26. The van der Waals surface area contributed by atoms with Crippen LogP contribution in [0.3, 0.4) is 0 Å². The molecule has 1 aromatic rings. The lowest BCUT2D eigenvalue weighted by molar-refractivity contribution is 0.384. The Balaban J connectivity index is 2.90. The van der Waals surface area contributed by atoms with Crippen molar-refractivity contribution in [3.8, 4) is 11.5 Å². The van der Waals surface area contributed by atoms with Crippen LogP contribution in [-0.2, 0) is 0 Å².